The highest BCUT2D eigenvalue weighted by atomic mass is 16.2. The molecule has 4 aromatic rings. The van der Waals surface area contributed by atoms with Crippen molar-refractivity contribution in [3.8, 4) is 16.9 Å². The van der Waals surface area contributed by atoms with Crippen LogP contribution in [-0.2, 0) is 0 Å². The van der Waals surface area contributed by atoms with Crippen molar-refractivity contribution in [1.82, 2.24) is 35.1 Å². The van der Waals surface area contributed by atoms with Crippen LogP contribution >= 0.6 is 0 Å². The molecule has 5 rings (SSSR count). The quantitative estimate of drug-likeness (QED) is 0.352. The molecule has 0 saturated heterocycles. The molecule has 3 heterocycles. The monoisotopic (exact) mass is 457 g/mol. The van der Waals surface area contributed by atoms with Crippen molar-refractivity contribution in [2.75, 3.05) is 20.1 Å². The van der Waals surface area contributed by atoms with Crippen LogP contribution in [0.4, 0.5) is 0 Å². The predicted octanol–water partition coefficient (Wildman–Crippen LogP) is 2.34. The van der Waals surface area contributed by atoms with E-state index in [0.717, 1.165) is 35.3 Å². The van der Waals surface area contributed by atoms with Crippen LogP contribution in [0, 0.1) is 6.92 Å². The molecule has 34 heavy (non-hydrogen) atoms. The molecule has 0 unspecified atom stereocenters. The zero-order valence-electron chi connectivity index (χ0n) is 19.2. The predicted molar refractivity (Wildman–Crippen MR) is 129 cm³/mol. The van der Waals surface area contributed by atoms with Gasteiger partial charge in [-0.15, -0.1) is 0 Å². The Bertz CT molecular complexity index is 1370. The summed E-state index contributed by atoms with van der Waals surface area (Å²) in [6.07, 6.45) is 9.36. The van der Waals surface area contributed by atoms with Gasteiger partial charge >= 0.3 is 0 Å². The molecule has 0 aliphatic heterocycles. The molecule has 3 aromatic heterocycles. The van der Waals surface area contributed by atoms with Crippen LogP contribution in [0.1, 0.15) is 39.1 Å². The average molecular weight is 458 g/mol. The molecule has 1 aliphatic rings. The molecule has 9 nitrogen and oxygen atoms in total. The largest absolute Gasteiger partial charge is 0.351 e. The van der Waals surface area contributed by atoms with Crippen molar-refractivity contribution >= 4 is 17.5 Å². The molecular formula is C25H27N7O2. The molecule has 1 aliphatic carbocycles. The zero-order valence-corrected chi connectivity index (χ0v) is 19.2. The van der Waals surface area contributed by atoms with Crippen molar-refractivity contribution in [1.29, 1.82) is 0 Å². The molecule has 1 saturated carbocycles. The number of aromatic nitrogens is 4. The molecule has 1 fully saturated rings. The highest BCUT2D eigenvalue weighted by Crippen LogP contribution is 2.26. The summed E-state index contributed by atoms with van der Waals surface area (Å²) in [6.45, 7) is 3.28. The zero-order chi connectivity index (χ0) is 23.7. The van der Waals surface area contributed by atoms with Crippen LogP contribution in [0.2, 0.25) is 0 Å². The van der Waals surface area contributed by atoms with Crippen molar-refractivity contribution in [3.63, 3.8) is 0 Å². The van der Waals surface area contributed by atoms with Gasteiger partial charge < -0.3 is 16.0 Å². The number of fused-ring (bicyclic) bond motifs is 1. The maximum atomic E-state index is 12.5. The van der Waals surface area contributed by atoms with E-state index in [-0.39, 0.29) is 11.8 Å². The maximum Gasteiger partial charge on any atom is 0.251 e. The summed E-state index contributed by atoms with van der Waals surface area (Å²) in [5.41, 5.74) is 4.80. The lowest BCUT2D eigenvalue weighted by Crippen LogP contribution is -2.30. The summed E-state index contributed by atoms with van der Waals surface area (Å²) in [5.74, 6) is 0.581. The summed E-state index contributed by atoms with van der Waals surface area (Å²) in [7, 11) is 1.84. The van der Waals surface area contributed by atoms with Gasteiger partial charge in [0.1, 0.15) is 5.65 Å². The van der Waals surface area contributed by atoms with E-state index in [9.17, 15) is 9.59 Å². The van der Waals surface area contributed by atoms with Gasteiger partial charge in [-0.25, -0.2) is 9.67 Å². The minimum Gasteiger partial charge on any atom is -0.351 e. The van der Waals surface area contributed by atoms with Gasteiger partial charge in [-0.1, -0.05) is 6.07 Å². The molecule has 0 radical (unpaired) electrons. The summed E-state index contributed by atoms with van der Waals surface area (Å²) in [4.78, 5) is 29.3. The molecule has 9 heteroatoms. The fraction of sp³-hybridized carbons (Fsp3) is 0.280. The lowest BCUT2D eigenvalue weighted by molar-refractivity contribution is 0.0944. The smallest absolute Gasteiger partial charge is 0.251 e. The number of carbonyl (C=O) groups is 2. The number of carbonyl (C=O) groups excluding carboxylic acids is 2. The van der Waals surface area contributed by atoms with E-state index in [1.807, 2.05) is 49.0 Å². The first-order valence-corrected chi connectivity index (χ1v) is 11.4. The van der Waals surface area contributed by atoms with Gasteiger partial charge in [-0.3, -0.25) is 14.0 Å². The number of nitrogens with one attached hydrogen (secondary N) is 3. The lowest BCUT2D eigenvalue weighted by atomic mass is 10.0. The van der Waals surface area contributed by atoms with Gasteiger partial charge in [0.05, 0.1) is 12.4 Å². The van der Waals surface area contributed by atoms with Gasteiger partial charge in [0.15, 0.2) is 5.82 Å². The second-order valence-corrected chi connectivity index (χ2v) is 8.57. The highest BCUT2D eigenvalue weighted by Gasteiger charge is 2.24. The first-order valence-electron chi connectivity index (χ1n) is 11.4. The van der Waals surface area contributed by atoms with E-state index in [2.05, 4.69) is 26.0 Å². The van der Waals surface area contributed by atoms with Crippen LogP contribution in [-0.4, -0.2) is 57.2 Å². The molecule has 174 valence electrons. The van der Waals surface area contributed by atoms with Crippen molar-refractivity contribution in [2.45, 2.75) is 25.8 Å². The van der Waals surface area contributed by atoms with Crippen molar-refractivity contribution in [2.24, 2.45) is 0 Å². The Morgan fingerprint density at radius 1 is 1.06 bits per heavy atom. The molecular weight excluding hydrogens is 430 g/mol. The third-order valence-corrected chi connectivity index (χ3v) is 5.96. The molecule has 0 atom stereocenters. The van der Waals surface area contributed by atoms with E-state index in [1.54, 1.807) is 29.2 Å². The van der Waals surface area contributed by atoms with Crippen LogP contribution in [0.15, 0.2) is 55.1 Å². The number of aryl methyl sites for hydroxylation is 1. The van der Waals surface area contributed by atoms with Crippen LogP contribution in [0.5, 0.6) is 0 Å². The fourth-order valence-electron chi connectivity index (χ4n) is 3.84. The van der Waals surface area contributed by atoms with E-state index >= 15 is 0 Å². The minimum atomic E-state index is -0.134. The third kappa shape index (κ3) is 4.42. The molecule has 1 aromatic carbocycles. The summed E-state index contributed by atoms with van der Waals surface area (Å²) < 4.78 is 3.63. The molecule has 2 amide bonds. The Morgan fingerprint density at radius 3 is 2.68 bits per heavy atom. The normalized spacial score (nSPS) is 13.2. The Labute approximate surface area is 197 Å². The Balaban J connectivity index is 1.40. The van der Waals surface area contributed by atoms with Crippen molar-refractivity contribution < 1.29 is 9.59 Å². The van der Waals surface area contributed by atoms with Gasteiger partial charge in [0, 0.05) is 48.2 Å². The fourth-order valence-corrected chi connectivity index (χ4v) is 3.84. The minimum absolute atomic E-state index is 0.0382. The number of amides is 2. The van der Waals surface area contributed by atoms with Gasteiger partial charge in [0.25, 0.3) is 11.8 Å². The van der Waals surface area contributed by atoms with Gasteiger partial charge in [0.2, 0.25) is 0 Å². The SMILES string of the molecule is CNCCNC(=O)c1ccn2c(-n3cc(-c4cc(C(=O)NC5CC5)ccc4C)cn3)cnc2c1. The Morgan fingerprint density at radius 2 is 1.88 bits per heavy atom. The van der Waals surface area contributed by atoms with E-state index in [4.69, 9.17) is 0 Å². The third-order valence-electron chi connectivity index (χ3n) is 5.96. The summed E-state index contributed by atoms with van der Waals surface area (Å²) >= 11 is 0. The van der Waals surface area contributed by atoms with E-state index < -0.39 is 0 Å². The Kier molecular flexibility index (Phi) is 5.85. The average Bonchev–Trinajstić information content (AvgIpc) is 3.35. The molecule has 3 N–H and O–H groups in total. The highest BCUT2D eigenvalue weighted by molar-refractivity contribution is 5.96. The first kappa shape index (κ1) is 21.8. The first-order chi connectivity index (χ1) is 16.5. The van der Waals surface area contributed by atoms with Crippen LogP contribution < -0.4 is 16.0 Å². The van der Waals surface area contributed by atoms with Crippen molar-refractivity contribution in [3.05, 3.63) is 71.8 Å². The molecule has 0 bridgehead atoms. The topological polar surface area (TPSA) is 105 Å². The van der Waals surface area contributed by atoms with E-state index in [1.165, 1.54) is 0 Å². The van der Waals surface area contributed by atoms with Crippen LogP contribution in [0.3, 0.4) is 0 Å². The lowest BCUT2D eigenvalue weighted by Gasteiger charge is -2.08. The summed E-state index contributed by atoms with van der Waals surface area (Å²) in [5, 5.41) is 13.4. The maximum absolute atomic E-state index is 12.5. The second-order valence-electron chi connectivity index (χ2n) is 8.57. The number of hydrogen-bond donors (Lipinski definition) is 3. The van der Waals surface area contributed by atoms with E-state index in [0.29, 0.717) is 35.9 Å². The number of likely N-dealkylation sites (N-methyl/N-ethyl adjacent to an activating group) is 1. The number of pyridine rings is 1. The number of hydrogen-bond acceptors (Lipinski definition) is 5. The molecule has 0 spiro atoms. The summed E-state index contributed by atoms with van der Waals surface area (Å²) in [6, 6.07) is 9.58. The number of imidazole rings is 1. The Hall–Kier alpha value is -3.98. The number of rotatable bonds is 8. The number of nitrogens with zero attached hydrogens (tertiary/aromatic N) is 4. The number of benzene rings is 1. The van der Waals surface area contributed by atoms with Crippen LogP contribution in [0.25, 0.3) is 22.6 Å². The van der Waals surface area contributed by atoms with Gasteiger partial charge in [-0.05, 0) is 62.2 Å². The van der Waals surface area contributed by atoms with Gasteiger partial charge in [-0.2, -0.15) is 5.10 Å². The standard InChI is InChI=1S/C25H27N7O2/c1-16-3-4-17(25(34)30-20-5-6-20)11-21(16)19-13-29-32(15-19)23-14-28-22-12-18(7-10-31(22)23)24(33)27-9-8-26-2/h3-4,7,10-15,20,26H,5-6,8-9H2,1-2H3,(H,27,33)(H,30,34). The second kappa shape index (κ2) is 9.11.